The van der Waals surface area contributed by atoms with E-state index in [9.17, 15) is 9.90 Å². The van der Waals surface area contributed by atoms with Crippen molar-refractivity contribution in [2.24, 2.45) is 0 Å². The molecule has 1 fully saturated rings. The van der Waals surface area contributed by atoms with Crippen LogP contribution in [0.4, 0.5) is 4.79 Å². The van der Waals surface area contributed by atoms with Crippen LogP contribution in [0.2, 0.25) is 0 Å². The molecule has 0 aromatic heterocycles. The molecule has 0 radical (unpaired) electrons. The van der Waals surface area contributed by atoms with E-state index in [1.165, 1.54) is 5.56 Å². The SMILES string of the molecule is CC(C)(C)OC(=O)N[C@@H]1CN(Cc2ccccc2)[C@@](C)(CO)C1. The maximum absolute atomic E-state index is 12.0. The number of nitrogens with zero attached hydrogens (tertiary/aromatic N) is 1. The van der Waals surface area contributed by atoms with Crippen LogP contribution in [-0.2, 0) is 11.3 Å². The predicted molar refractivity (Wildman–Crippen MR) is 90.1 cm³/mol. The Morgan fingerprint density at radius 2 is 2.04 bits per heavy atom. The monoisotopic (exact) mass is 320 g/mol. The second-order valence-corrected chi connectivity index (χ2v) is 7.57. The summed E-state index contributed by atoms with van der Waals surface area (Å²) in [6.07, 6.45) is 0.305. The van der Waals surface area contributed by atoms with E-state index in [-0.39, 0.29) is 18.2 Å². The lowest BCUT2D eigenvalue weighted by Gasteiger charge is -2.33. The van der Waals surface area contributed by atoms with Crippen LogP contribution in [0.3, 0.4) is 0 Å². The van der Waals surface area contributed by atoms with E-state index >= 15 is 0 Å². The van der Waals surface area contributed by atoms with Gasteiger partial charge in [-0.05, 0) is 39.7 Å². The van der Waals surface area contributed by atoms with Crippen LogP contribution in [0, 0.1) is 0 Å². The number of aliphatic hydroxyl groups excluding tert-OH is 1. The number of hydrogen-bond acceptors (Lipinski definition) is 4. The Hall–Kier alpha value is -1.59. The molecule has 5 nitrogen and oxygen atoms in total. The van der Waals surface area contributed by atoms with Gasteiger partial charge < -0.3 is 15.2 Å². The Balaban J connectivity index is 1.99. The van der Waals surface area contributed by atoms with Gasteiger partial charge in [-0.15, -0.1) is 0 Å². The van der Waals surface area contributed by atoms with Gasteiger partial charge in [-0.3, -0.25) is 4.90 Å². The highest BCUT2D eigenvalue weighted by Crippen LogP contribution is 2.30. The minimum atomic E-state index is -0.507. The molecule has 0 saturated carbocycles. The van der Waals surface area contributed by atoms with Crippen molar-refractivity contribution in [1.29, 1.82) is 0 Å². The summed E-state index contributed by atoms with van der Waals surface area (Å²) in [7, 11) is 0. The van der Waals surface area contributed by atoms with Crippen LogP contribution in [0.25, 0.3) is 0 Å². The van der Waals surface area contributed by atoms with Crippen molar-refractivity contribution in [3.8, 4) is 0 Å². The van der Waals surface area contributed by atoms with Gasteiger partial charge in [-0.25, -0.2) is 4.79 Å². The van der Waals surface area contributed by atoms with Crippen molar-refractivity contribution < 1.29 is 14.6 Å². The number of likely N-dealkylation sites (tertiary alicyclic amines) is 1. The fourth-order valence-corrected chi connectivity index (χ4v) is 3.01. The quantitative estimate of drug-likeness (QED) is 0.895. The largest absolute Gasteiger partial charge is 0.444 e. The summed E-state index contributed by atoms with van der Waals surface area (Å²) in [6, 6.07) is 10.1. The summed E-state index contributed by atoms with van der Waals surface area (Å²) in [5.74, 6) is 0. The first-order valence-electron chi connectivity index (χ1n) is 8.11. The van der Waals surface area contributed by atoms with Crippen LogP contribution in [-0.4, -0.2) is 46.4 Å². The van der Waals surface area contributed by atoms with E-state index in [2.05, 4.69) is 22.3 Å². The summed E-state index contributed by atoms with van der Waals surface area (Å²) < 4.78 is 5.32. The topological polar surface area (TPSA) is 61.8 Å². The molecule has 2 N–H and O–H groups in total. The number of aliphatic hydroxyl groups is 1. The molecule has 23 heavy (non-hydrogen) atoms. The lowest BCUT2D eigenvalue weighted by atomic mass is 9.98. The van der Waals surface area contributed by atoms with Crippen LogP contribution < -0.4 is 5.32 Å². The van der Waals surface area contributed by atoms with E-state index in [1.807, 2.05) is 45.9 Å². The predicted octanol–water partition coefficient (Wildman–Crippen LogP) is 2.54. The maximum atomic E-state index is 12.0. The number of carbonyl (C=O) groups is 1. The Morgan fingerprint density at radius 3 is 2.61 bits per heavy atom. The number of hydrogen-bond donors (Lipinski definition) is 2. The molecule has 1 heterocycles. The maximum Gasteiger partial charge on any atom is 0.407 e. The number of nitrogens with one attached hydrogen (secondary N) is 1. The van der Waals surface area contributed by atoms with E-state index < -0.39 is 11.7 Å². The third-order valence-corrected chi connectivity index (χ3v) is 4.17. The normalized spacial score (nSPS) is 25.3. The first-order valence-corrected chi connectivity index (χ1v) is 8.11. The molecule has 0 aliphatic carbocycles. The number of alkyl carbamates (subject to hydrolysis) is 1. The molecule has 0 bridgehead atoms. The van der Waals surface area contributed by atoms with Crippen LogP contribution in [0.1, 0.15) is 39.7 Å². The molecule has 1 saturated heterocycles. The minimum absolute atomic E-state index is 0.0225. The fourth-order valence-electron chi connectivity index (χ4n) is 3.01. The van der Waals surface area contributed by atoms with Gasteiger partial charge >= 0.3 is 6.09 Å². The third kappa shape index (κ3) is 4.94. The molecule has 128 valence electrons. The number of ether oxygens (including phenoxy) is 1. The average Bonchev–Trinajstić information content (AvgIpc) is 2.74. The number of amides is 1. The highest BCUT2D eigenvalue weighted by Gasteiger charge is 2.42. The Bertz CT molecular complexity index is 527. The highest BCUT2D eigenvalue weighted by atomic mass is 16.6. The molecule has 5 heteroatoms. The van der Waals surface area contributed by atoms with E-state index in [4.69, 9.17) is 4.74 Å². The first-order chi connectivity index (χ1) is 10.7. The standard InChI is InChI=1S/C18H28N2O3/c1-17(2,3)23-16(22)19-15-10-18(4,13-21)20(12-15)11-14-8-6-5-7-9-14/h5-9,15,21H,10-13H2,1-4H3,(H,19,22)/t15-,18+/m0/s1. The zero-order valence-corrected chi connectivity index (χ0v) is 14.5. The Morgan fingerprint density at radius 1 is 1.39 bits per heavy atom. The van der Waals surface area contributed by atoms with Gasteiger partial charge in [0.05, 0.1) is 6.61 Å². The molecule has 1 aliphatic rings. The van der Waals surface area contributed by atoms with E-state index in [0.29, 0.717) is 13.0 Å². The van der Waals surface area contributed by atoms with E-state index in [0.717, 1.165) is 6.54 Å². The molecule has 1 aromatic carbocycles. The van der Waals surface area contributed by atoms with Gasteiger partial charge in [0.1, 0.15) is 5.60 Å². The lowest BCUT2D eigenvalue weighted by molar-refractivity contribution is 0.0505. The van der Waals surface area contributed by atoms with Gasteiger partial charge in [0.25, 0.3) is 0 Å². The van der Waals surface area contributed by atoms with Crippen molar-refractivity contribution in [3.63, 3.8) is 0 Å². The molecule has 1 aromatic rings. The van der Waals surface area contributed by atoms with Crippen LogP contribution >= 0.6 is 0 Å². The van der Waals surface area contributed by atoms with Crippen molar-refractivity contribution >= 4 is 6.09 Å². The number of carbonyl (C=O) groups excluding carboxylic acids is 1. The van der Waals surface area contributed by atoms with Crippen molar-refractivity contribution in [2.45, 2.75) is 57.8 Å². The number of benzene rings is 1. The molecule has 1 amide bonds. The number of rotatable bonds is 4. The van der Waals surface area contributed by atoms with Gasteiger partial charge in [-0.1, -0.05) is 30.3 Å². The second-order valence-electron chi connectivity index (χ2n) is 7.57. The zero-order valence-electron chi connectivity index (χ0n) is 14.5. The Kier molecular flexibility index (Phi) is 5.32. The lowest BCUT2D eigenvalue weighted by Crippen LogP contribution is -2.43. The van der Waals surface area contributed by atoms with Crippen molar-refractivity contribution in [1.82, 2.24) is 10.2 Å². The second kappa shape index (κ2) is 6.89. The highest BCUT2D eigenvalue weighted by molar-refractivity contribution is 5.68. The molecular weight excluding hydrogens is 292 g/mol. The molecule has 1 aliphatic heterocycles. The molecular formula is C18H28N2O3. The summed E-state index contributed by atoms with van der Waals surface area (Å²) >= 11 is 0. The summed E-state index contributed by atoms with van der Waals surface area (Å²) in [6.45, 7) is 9.09. The van der Waals surface area contributed by atoms with E-state index in [1.54, 1.807) is 0 Å². The average molecular weight is 320 g/mol. The summed E-state index contributed by atoms with van der Waals surface area (Å²) in [5.41, 5.74) is 0.354. The van der Waals surface area contributed by atoms with Gasteiger partial charge in [0.15, 0.2) is 0 Å². The Labute approximate surface area is 138 Å². The fraction of sp³-hybridized carbons (Fsp3) is 0.611. The summed E-state index contributed by atoms with van der Waals surface area (Å²) in [4.78, 5) is 14.2. The van der Waals surface area contributed by atoms with Crippen LogP contribution in [0.15, 0.2) is 30.3 Å². The first kappa shape index (κ1) is 17.8. The van der Waals surface area contributed by atoms with Crippen molar-refractivity contribution in [2.75, 3.05) is 13.2 Å². The molecule has 2 atom stereocenters. The smallest absolute Gasteiger partial charge is 0.407 e. The third-order valence-electron chi connectivity index (χ3n) is 4.17. The molecule has 0 spiro atoms. The van der Waals surface area contributed by atoms with Gasteiger partial charge in [0.2, 0.25) is 0 Å². The molecule has 0 unspecified atom stereocenters. The van der Waals surface area contributed by atoms with Gasteiger partial charge in [0, 0.05) is 24.7 Å². The minimum Gasteiger partial charge on any atom is -0.444 e. The zero-order chi connectivity index (χ0) is 17.1. The molecule has 2 rings (SSSR count). The van der Waals surface area contributed by atoms with Crippen LogP contribution in [0.5, 0.6) is 0 Å². The van der Waals surface area contributed by atoms with Crippen molar-refractivity contribution in [3.05, 3.63) is 35.9 Å². The summed E-state index contributed by atoms with van der Waals surface area (Å²) in [5, 5.41) is 12.8. The van der Waals surface area contributed by atoms with Gasteiger partial charge in [-0.2, -0.15) is 0 Å².